The number of rotatable bonds is 7. The summed E-state index contributed by atoms with van der Waals surface area (Å²) < 4.78 is 0. The Morgan fingerprint density at radius 3 is 1.36 bits per heavy atom. The third kappa shape index (κ3) is 4.39. The highest BCUT2D eigenvalue weighted by atomic mass is 79.9. The maximum absolute atomic E-state index is 4.14. The van der Waals surface area contributed by atoms with Crippen LogP contribution in [-0.2, 0) is 0 Å². The topological polar surface area (TPSA) is 0 Å². The summed E-state index contributed by atoms with van der Waals surface area (Å²) in [6.07, 6.45) is 2.70. The summed E-state index contributed by atoms with van der Waals surface area (Å²) in [6, 6.07) is 4.16. The van der Waals surface area contributed by atoms with E-state index in [2.05, 4.69) is 66.6 Å². The summed E-state index contributed by atoms with van der Waals surface area (Å²) in [7, 11) is 0. The molecule has 0 nitrogen and oxygen atoms in total. The van der Waals surface area contributed by atoms with Gasteiger partial charge in [-0.15, -0.1) is 45.9 Å². The fraction of sp³-hybridized carbons (Fsp3) is 1.00. The third-order valence-electron chi connectivity index (χ3n) is 2.51. The van der Waals surface area contributed by atoms with Crippen molar-refractivity contribution in [2.75, 3.05) is 0 Å². The molecule has 86 valence electrons. The summed E-state index contributed by atoms with van der Waals surface area (Å²) in [6.45, 7) is 6.88. The van der Waals surface area contributed by atoms with Crippen LogP contribution >= 0.6 is 45.9 Å². The zero-order valence-electron chi connectivity index (χ0n) is 9.38. The van der Waals surface area contributed by atoms with E-state index in [1.54, 1.807) is 0 Å². The first-order chi connectivity index (χ1) is 6.43. The molecule has 0 aromatic rings. The molecule has 0 atom stereocenters. The van der Waals surface area contributed by atoms with E-state index < -0.39 is 11.0 Å². The Hall–Kier alpha value is 1.87. The molecular weight excluding hydrogens is 404 g/mol. The van der Waals surface area contributed by atoms with E-state index in [1.165, 1.54) is 37.4 Å². The van der Waals surface area contributed by atoms with Gasteiger partial charge >= 0.3 is 0 Å². The summed E-state index contributed by atoms with van der Waals surface area (Å²) in [5, 5.41) is 0. The lowest BCUT2D eigenvalue weighted by atomic mass is 10.6. The summed E-state index contributed by atoms with van der Waals surface area (Å²) >= 11 is 12.2. The van der Waals surface area contributed by atoms with E-state index in [0.717, 1.165) is 0 Å². The fourth-order valence-electron chi connectivity index (χ4n) is 1.82. The minimum atomic E-state index is -1.32. The molecule has 0 heterocycles. The highest BCUT2D eigenvalue weighted by Crippen LogP contribution is 2.45. The summed E-state index contributed by atoms with van der Waals surface area (Å²) in [5.41, 5.74) is 0. The molecule has 0 aliphatic heterocycles. The predicted molar refractivity (Wildman–Crippen MR) is 83.6 cm³/mol. The standard InChI is InChI=1S/C9H21Br3Si2/c1-4-7-13(10,8-5-2)14(11,12)9-6-3/h4-9H2,1-3H3. The van der Waals surface area contributed by atoms with Crippen LogP contribution in [0.5, 0.6) is 0 Å². The Morgan fingerprint density at radius 2 is 1.07 bits per heavy atom. The summed E-state index contributed by atoms with van der Waals surface area (Å²) in [4.78, 5) is -1.32. The summed E-state index contributed by atoms with van der Waals surface area (Å²) in [5.74, 6) is 0. The monoisotopic (exact) mass is 422 g/mol. The molecule has 0 radical (unpaired) electrons. The van der Waals surface area contributed by atoms with Crippen molar-refractivity contribution >= 4 is 56.9 Å². The molecule has 0 aliphatic rings. The maximum Gasteiger partial charge on any atom is 0.203 e. The van der Waals surface area contributed by atoms with Crippen LogP contribution in [0.15, 0.2) is 0 Å². The fourth-order valence-corrected chi connectivity index (χ4v) is 24.9. The molecular formula is C9H21Br3Si2. The van der Waals surface area contributed by atoms with Gasteiger partial charge in [0.2, 0.25) is 4.83 Å². The van der Waals surface area contributed by atoms with Crippen LogP contribution in [0.25, 0.3) is 0 Å². The van der Waals surface area contributed by atoms with Gasteiger partial charge in [0.25, 0.3) is 0 Å². The van der Waals surface area contributed by atoms with E-state index in [0.29, 0.717) is 0 Å². The first-order valence-electron chi connectivity index (χ1n) is 5.50. The molecule has 0 fully saturated rings. The van der Waals surface area contributed by atoms with Crippen LogP contribution in [0.4, 0.5) is 0 Å². The molecule has 0 aliphatic carbocycles. The largest absolute Gasteiger partial charge is 0.203 e. The van der Waals surface area contributed by atoms with Gasteiger partial charge < -0.3 is 0 Å². The van der Waals surface area contributed by atoms with E-state index in [1.807, 2.05) is 0 Å². The van der Waals surface area contributed by atoms with Gasteiger partial charge in [0.05, 0.1) is 0 Å². The molecule has 0 spiro atoms. The second-order valence-electron chi connectivity index (χ2n) is 3.92. The average Bonchev–Trinajstić information content (AvgIpc) is 2.04. The second kappa shape index (κ2) is 7.25. The Morgan fingerprint density at radius 1 is 0.714 bits per heavy atom. The Labute approximate surface area is 114 Å². The van der Waals surface area contributed by atoms with Crippen LogP contribution in [0, 0.1) is 0 Å². The third-order valence-corrected chi connectivity index (χ3v) is 47.8. The smallest absolute Gasteiger partial charge is 0.127 e. The molecule has 0 N–H and O–H groups in total. The van der Waals surface area contributed by atoms with Crippen LogP contribution in [0.3, 0.4) is 0 Å². The molecule has 0 unspecified atom stereocenters. The van der Waals surface area contributed by atoms with Crippen LogP contribution in [0.2, 0.25) is 18.1 Å². The molecule has 5 heteroatoms. The SMILES string of the molecule is CCC[Si](Br)(Br)[Si](Br)(CCC)CCC. The minimum absolute atomic E-state index is 1.21. The number of hydrogen-bond acceptors (Lipinski definition) is 0. The molecule has 0 rings (SSSR count). The minimum Gasteiger partial charge on any atom is -0.127 e. The van der Waals surface area contributed by atoms with Gasteiger partial charge in [0.1, 0.15) is 6.21 Å². The Bertz CT molecular complexity index is 156. The van der Waals surface area contributed by atoms with Crippen molar-refractivity contribution in [2.24, 2.45) is 0 Å². The average molecular weight is 425 g/mol. The molecule has 0 saturated carbocycles. The number of hydrogen-bond donors (Lipinski definition) is 0. The highest BCUT2D eigenvalue weighted by Gasteiger charge is 2.49. The molecule has 14 heavy (non-hydrogen) atoms. The van der Waals surface area contributed by atoms with Gasteiger partial charge in [-0.3, -0.25) is 0 Å². The molecule has 0 amide bonds. The normalized spacial score (nSPS) is 13.3. The lowest BCUT2D eigenvalue weighted by Gasteiger charge is -2.35. The Balaban J connectivity index is 4.59. The van der Waals surface area contributed by atoms with E-state index >= 15 is 0 Å². The van der Waals surface area contributed by atoms with E-state index in [4.69, 9.17) is 0 Å². The van der Waals surface area contributed by atoms with Gasteiger partial charge in [0.15, 0.2) is 0 Å². The van der Waals surface area contributed by atoms with Crippen molar-refractivity contribution in [3.05, 3.63) is 0 Å². The first kappa shape index (κ1) is 15.9. The maximum atomic E-state index is 4.14. The van der Waals surface area contributed by atoms with Crippen molar-refractivity contribution in [2.45, 2.75) is 58.2 Å². The quantitative estimate of drug-likeness (QED) is 0.354. The van der Waals surface area contributed by atoms with Crippen LogP contribution < -0.4 is 0 Å². The molecule has 0 aromatic carbocycles. The van der Waals surface area contributed by atoms with Gasteiger partial charge in [0, 0.05) is 0 Å². The van der Waals surface area contributed by atoms with Crippen LogP contribution in [0.1, 0.15) is 40.0 Å². The molecule has 0 aromatic heterocycles. The van der Waals surface area contributed by atoms with Crippen LogP contribution in [-0.4, -0.2) is 11.0 Å². The molecule has 0 saturated heterocycles. The van der Waals surface area contributed by atoms with Gasteiger partial charge in [-0.25, -0.2) is 0 Å². The van der Waals surface area contributed by atoms with E-state index in [9.17, 15) is 0 Å². The second-order valence-corrected chi connectivity index (χ2v) is 36.6. The zero-order valence-corrected chi connectivity index (χ0v) is 16.1. The van der Waals surface area contributed by atoms with Crippen molar-refractivity contribution in [1.82, 2.24) is 0 Å². The molecule has 0 bridgehead atoms. The van der Waals surface area contributed by atoms with Crippen molar-refractivity contribution in [3.63, 3.8) is 0 Å². The van der Waals surface area contributed by atoms with Gasteiger partial charge in [-0.05, 0) is 18.1 Å². The predicted octanol–water partition coefficient (Wildman–Crippen LogP) is 5.87. The van der Waals surface area contributed by atoms with Crippen molar-refractivity contribution in [3.8, 4) is 0 Å². The number of halogens is 3. The Kier molecular flexibility index (Phi) is 8.22. The van der Waals surface area contributed by atoms with Crippen molar-refractivity contribution < 1.29 is 0 Å². The first-order valence-corrected chi connectivity index (χ1v) is 17.9. The van der Waals surface area contributed by atoms with Gasteiger partial charge in [-0.1, -0.05) is 40.0 Å². The highest BCUT2D eigenvalue weighted by molar-refractivity contribution is 9.57. The van der Waals surface area contributed by atoms with Crippen molar-refractivity contribution in [1.29, 1.82) is 0 Å². The van der Waals surface area contributed by atoms with Gasteiger partial charge in [-0.2, -0.15) is 0 Å². The lowest BCUT2D eigenvalue weighted by Crippen LogP contribution is -2.49. The van der Waals surface area contributed by atoms with E-state index in [-0.39, 0.29) is 0 Å². The lowest BCUT2D eigenvalue weighted by molar-refractivity contribution is 1.01. The zero-order chi connectivity index (χ0) is 11.2.